The molecule has 1 aliphatic heterocycles. The van der Waals surface area contributed by atoms with Gasteiger partial charge in [0, 0.05) is 0 Å². The highest BCUT2D eigenvalue weighted by molar-refractivity contribution is 5.78. The Bertz CT molecular complexity index is 536. The Balaban J connectivity index is 2.05. The van der Waals surface area contributed by atoms with Gasteiger partial charge in [-0.25, -0.2) is 0 Å². The molecular weight excluding hydrogens is 252 g/mol. The molecule has 1 aromatic carbocycles. The maximum atomic E-state index is 12.1. The van der Waals surface area contributed by atoms with Gasteiger partial charge >= 0.3 is 0 Å². The second-order valence-corrected chi connectivity index (χ2v) is 5.36. The van der Waals surface area contributed by atoms with Crippen LogP contribution in [0.1, 0.15) is 43.9 Å². The Morgan fingerprint density at radius 1 is 1.55 bits per heavy atom. The monoisotopic (exact) mass is 272 g/mol. The lowest BCUT2D eigenvalue weighted by Gasteiger charge is -2.27. The number of amides is 1. The molecule has 1 heterocycles. The Kier molecular flexibility index (Phi) is 4.41. The first-order valence-electron chi connectivity index (χ1n) is 6.99. The molecule has 20 heavy (non-hydrogen) atoms. The molecule has 0 aliphatic carbocycles. The number of nitriles is 1. The molecule has 0 radical (unpaired) electrons. The number of carbonyl (C=O) groups is 1. The van der Waals surface area contributed by atoms with Crippen LogP contribution < -0.4 is 5.32 Å². The van der Waals surface area contributed by atoms with Crippen LogP contribution in [0.4, 0.5) is 0 Å². The lowest BCUT2D eigenvalue weighted by Crippen LogP contribution is -2.44. The van der Waals surface area contributed by atoms with Gasteiger partial charge in [-0.1, -0.05) is 31.2 Å². The summed E-state index contributed by atoms with van der Waals surface area (Å²) in [5.41, 5.74) is 1.53. The van der Waals surface area contributed by atoms with Crippen LogP contribution in [0.2, 0.25) is 0 Å². The van der Waals surface area contributed by atoms with Crippen LogP contribution in [0.25, 0.3) is 0 Å². The number of nitrogens with one attached hydrogen (secondary N) is 1. The number of hydrogen-bond donors (Lipinski definition) is 1. The first-order chi connectivity index (χ1) is 9.58. The van der Waals surface area contributed by atoms with E-state index in [4.69, 9.17) is 10.00 Å². The Morgan fingerprint density at radius 3 is 3.00 bits per heavy atom. The van der Waals surface area contributed by atoms with Gasteiger partial charge in [0.25, 0.3) is 0 Å². The molecule has 2 unspecified atom stereocenters. The normalized spacial score (nSPS) is 20.4. The highest BCUT2D eigenvalue weighted by Gasteiger charge is 2.27. The largest absolute Gasteiger partial charge is 0.373 e. The van der Waals surface area contributed by atoms with E-state index in [-0.39, 0.29) is 18.4 Å². The molecular formula is C16H20N2O2. The Morgan fingerprint density at radius 2 is 2.30 bits per heavy atom. The van der Waals surface area contributed by atoms with Crippen molar-refractivity contribution in [3.63, 3.8) is 0 Å². The van der Waals surface area contributed by atoms with Crippen molar-refractivity contribution in [2.75, 3.05) is 6.61 Å². The molecule has 2 rings (SSSR count). The zero-order valence-electron chi connectivity index (χ0n) is 12.0. The van der Waals surface area contributed by atoms with E-state index in [1.807, 2.05) is 25.1 Å². The third kappa shape index (κ3) is 3.17. The standard InChI is InChI=1S/C16H20N2O2/c1-3-16(2,11-17)18-15(19)10-14-13-7-5-4-6-12(13)8-9-20-14/h4-7,14H,3,8-10H2,1-2H3,(H,18,19). The van der Waals surface area contributed by atoms with Crippen LogP contribution >= 0.6 is 0 Å². The number of carbonyl (C=O) groups excluding carboxylic acids is 1. The minimum Gasteiger partial charge on any atom is -0.373 e. The highest BCUT2D eigenvalue weighted by atomic mass is 16.5. The lowest BCUT2D eigenvalue weighted by molar-refractivity contribution is -0.125. The van der Waals surface area contributed by atoms with E-state index in [9.17, 15) is 4.79 Å². The fraction of sp³-hybridized carbons (Fsp3) is 0.500. The van der Waals surface area contributed by atoms with Gasteiger partial charge in [0.2, 0.25) is 5.91 Å². The number of nitrogens with zero attached hydrogens (tertiary/aromatic N) is 1. The van der Waals surface area contributed by atoms with Crippen molar-refractivity contribution < 1.29 is 9.53 Å². The Labute approximate surface area is 119 Å². The van der Waals surface area contributed by atoms with Crippen molar-refractivity contribution in [3.05, 3.63) is 35.4 Å². The van der Waals surface area contributed by atoms with Crippen LogP contribution in [-0.2, 0) is 16.0 Å². The molecule has 0 spiro atoms. The molecule has 1 aromatic rings. The van der Waals surface area contributed by atoms with Gasteiger partial charge in [-0.15, -0.1) is 0 Å². The molecule has 4 heteroatoms. The summed E-state index contributed by atoms with van der Waals surface area (Å²) in [6, 6.07) is 10.2. The van der Waals surface area contributed by atoms with Crippen molar-refractivity contribution in [2.45, 2.75) is 44.8 Å². The molecule has 106 valence electrons. The second-order valence-electron chi connectivity index (χ2n) is 5.36. The molecule has 2 atom stereocenters. The summed E-state index contributed by atoms with van der Waals surface area (Å²) in [6.07, 6.45) is 1.52. The topological polar surface area (TPSA) is 62.1 Å². The van der Waals surface area contributed by atoms with E-state index in [0.717, 1.165) is 12.0 Å². The van der Waals surface area contributed by atoms with Gasteiger partial charge in [-0.05, 0) is 30.9 Å². The fourth-order valence-electron chi connectivity index (χ4n) is 2.37. The van der Waals surface area contributed by atoms with Gasteiger partial charge in [0.05, 0.1) is 25.2 Å². The minimum atomic E-state index is -0.800. The maximum absolute atomic E-state index is 12.1. The van der Waals surface area contributed by atoms with Gasteiger partial charge < -0.3 is 10.1 Å². The van der Waals surface area contributed by atoms with Crippen molar-refractivity contribution in [1.82, 2.24) is 5.32 Å². The molecule has 0 fully saturated rings. The third-order valence-electron chi connectivity index (χ3n) is 3.83. The lowest BCUT2D eigenvalue weighted by atomic mass is 9.95. The summed E-state index contributed by atoms with van der Waals surface area (Å²) in [7, 11) is 0. The third-order valence-corrected chi connectivity index (χ3v) is 3.83. The average Bonchev–Trinajstić information content (AvgIpc) is 2.47. The molecule has 4 nitrogen and oxygen atoms in total. The first-order valence-corrected chi connectivity index (χ1v) is 6.99. The summed E-state index contributed by atoms with van der Waals surface area (Å²) in [4.78, 5) is 12.1. The number of ether oxygens (including phenoxy) is 1. The minimum absolute atomic E-state index is 0.141. The van der Waals surface area contributed by atoms with E-state index >= 15 is 0 Å². The molecule has 1 N–H and O–H groups in total. The smallest absolute Gasteiger partial charge is 0.224 e. The van der Waals surface area contributed by atoms with Crippen LogP contribution in [-0.4, -0.2) is 18.1 Å². The summed E-state index contributed by atoms with van der Waals surface area (Å²) in [6.45, 7) is 4.26. The van der Waals surface area contributed by atoms with Crippen molar-refractivity contribution >= 4 is 5.91 Å². The second kappa shape index (κ2) is 6.06. The van der Waals surface area contributed by atoms with Crippen molar-refractivity contribution in [1.29, 1.82) is 5.26 Å². The van der Waals surface area contributed by atoms with Gasteiger partial charge in [0.1, 0.15) is 5.54 Å². The van der Waals surface area contributed by atoms with Gasteiger partial charge in [-0.2, -0.15) is 5.26 Å². The molecule has 0 saturated carbocycles. The van der Waals surface area contributed by atoms with Crippen LogP contribution in [0.5, 0.6) is 0 Å². The van der Waals surface area contributed by atoms with Crippen molar-refractivity contribution in [2.24, 2.45) is 0 Å². The molecule has 1 amide bonds. The quantitative estimate of drug-likeness (QED) is 0.916. The van der Waals surface area contributed by atoms with Gasteiger partial charge in [0.15, 0.2) is 0 Å². The van der Waals surface area contributed by atoms with Crippen LogP contribution in [0.3, 0.4) is 0 Å². The van der Waals surface area contributed by atoms with E-state index in [2.05, 4.69) is 17.5 Å². The van der Waals surface area contributed by atoms with E-state index in [1.54, 1.807) is 6.92 Å². The van der Waals surface area contributed by atoms with Crippen molar-refractivity contribution in [3.8, 4) is 6.07 Å². The predicted octanol–water partition coefficient (Wildman–Crippen LogP) is 2.50. The Hall–Kier alpha value is -1.86. The summed E-state index contributed by atoms with van der Waals surface area (Å²) in [5.74, 6) is -0.141. The zero-order chi connectivity index (χ0) is 14.6. The summed E-state index contributed by atoms with van der Waals surface area (Å²) in [5, 5.41) is 11.9. The number of benzene rings is 1. The SMILES string of the molecule is CCC(C)(C#N)NC(=O)CC1OCCc2ccccc21. The number of hydrogen-bond acceptors (Lipinski definition) is 3. The summed E-state index contributed by atoms with van der Waals surface area (Å²) < 4.78 is 5.71. The van der Waals surface area contributed by atoms with Gasteiger partial charge in [-0.3, -0.25) is 4.79 Å². The van der Waals surface area contributed by atoms with E-state index in [1.165, 1.54) is 5.56 Å². The average molecular weight is 272 g/mol. The zero-order valence-corrected chi connectivity index (χ0v) is 12.0. The predicted molar refractivity (Wildman–Crippen MR) is 75.9 cm³/mol. The number of rotatable bonds is 4. The van der Waals surface area contributed by atoms with Crippen LogP contribution in [0, 0.1) is 11.3 Å². The molecule has 0 saturated heterocycles. The summed E-state index contributed by atoms with van der Waals surface area (Å²) >= 11 is 0. The highest BCUT2D eigenvalue weighted by Crippen LogP contribution is 2.29. The molecule has 1 aliphatic rings. The van der Waals surface area contributed by atoms with Crippen LogP contribution in [0.15, 0.2) is 24.3 Å². The number of fused-ring (bicyclic) bond motifs is 1. The maximum Gasteiger partial charge on any atom is 0.224 e. The van der Waals surface area contributed by atoms with E-state index in [0.29, 0.717) is 13.0 Å². The first kappa shape index (κ1) is 14.5. The molecule has 0 bridgehead atoms. The van der Waals surface area contributed by atoms with E-state index < -0.39 is 5.54 Å². The fourth-order valence-corrected chi connectivity index (χ4v) is 2.37. The molecule has 0 aromatic heterocycles.